The second kappa shape index (κ2) is 7.37. The maximum atomic E-state index is 6.14. The summed E-state index contributed by atoms with van der Waals surface area (Å²) in [6.07, 6.45) is 1.73. The SMILES string of the molecule is Cc1nc(-c2ccccc2)c(Oc2ccnc(Nc3ccccc3)c2)s1. The van der Waals surface area contributed by atoms with E-state index in [0.29, 0.717) is 0 Å². The number of aromatic nitrogens is 2. The van der Waals surface area contributed by atoms with E-state index in [4.69, 9.17) is 4.74 Å². The van der Waals surface area contributed by atoms with Gasteiger partial charge in [0.05, 0.1) is 5.01 Å². The van der Waals surface area contributed by atoms with Crippen molar-refractivity contribution in [1.82, 2.24) is 9.97 Å². The summed E-state index contributed by atoms with van der Waals surface area (Å²) >= 11 is 1.54. The third-order valence-corrected chi connectivity index (χ3v) is 4.59. The van der Waals surface area contributed by atoms with Gasteiger partial charge in [0, 0.05) is 23.5 Å². The largest absolute Gasteiger partial charge is 0.444 e. The third-order valence-electron chi connectivity index (χ3n) is 3.74. The van der Waals surface area contributed by atoms with Gasteiger partial charge in [-0.15, -0.1) is 0 Å². The quantitative estimate of drug-likeness (QED) is 0.471. The van der Waals surface area contributed by atoms with E-state index in [1.807, 2.05) is 79.7 Å². The highest BCUT2D eigenvalue weighted by atomic mass is 32.1. The summed E-state index contributed by atoms with van der Waals surface area (Å²) in [7, 11) is 0. The Balaban J connectivity index is 1.60. The monoisotopic (exact) mass is 359 g/mol. The predicted molar refractivity (Wildman–Crippen MR) is 106 cm³/mol. The molecular weight excluding hydrogens is 342 g/mol. The van der Waals surface area contributed by atoms with Gasteiger partial charge in [-0.25, -0.2) is 9.97 Å². The van der Waals surface area contributed by atoms with Gasteiger partial charge in [-0.05, 0) is 25.1 Å². The first-order chi connectivity index (χ1) is 12.8. The molecule has 0 fully saturated rings. The van der Waals surface area contributed by atoms with Gasteiger partial charge in [0.25, 0.3) is 0 Å². The predicted octanol–water partition coefficient (Wildman–Crippen LogP) is 6.05. The summed E-state index contributed by atoms with van der Waals surface area (Å²) in [5.74, 6) is 1.45. The molecule has 0 atom stereocenters. The fourth-order valence-corrected chi connectivity index (χ4v) is 3.38. The second-order valence-electron chi connectivity index (χ2n) is 5.70. The maximum absolute atomic E-state index is 6.14. The van der Waals surface area contributed by atoms with E-state index in [0.717, 1.165) is 38.6 Å². The molecule has 4 aromatic rings. The van der Waals surface area contributed by atoms with Crippen LogP contribution in [0.25, 0.3) is 11.3 Å². The first-order valence-corrected chi connectivity index (χ1v) is 9.08. The first-order valence-electron chi connectivity index (χ1n) is 8.27. The van der Waals surface area contributed by atoms with Crippen LogP contribution in [0.15, 0.2) is 79.0 Å². The van der Waals surface area contributed by atoms with Crippen molar-refractivity contribution >= 4 is 22.8 Å². The highest BCUT2D eigenvalue weighted by molar-refractivity contribution is 7.13. The van der Waals surface area contributed by atoms with Crippen molar-refractivity contribution in [1.29, 1.82) is 0 Å². The summed E-state index contributed by atoms with van der Waals surface area (Å²) < 4.78 is 6.14. The molecule has 4 rings (SSSR count). The number of nitrogens with zero attached hydrogens (tertiary/aromatic N) is 2. The maximum Gasteiger partial charge on any atom is 0.208 e. The van der Waals surface area contributed by atoms with Crippen molar-refractivity contribution in [3.05, 3.63) is 84.0 Å². The van der Waals surface area contributed by atoms with Gasteiger partial charge in [-0.1, -0.05) is 59.9 Å². The summed E-state index contributed by atoms with van der Waals surface area (Å²) in [6.45, 7) is 1.99. The molecule has 0 spiro atoms. The Hall–Kier alpha value is -3.18. The zero-order valence-corrected chi connectivity index (χ0v) is 15.0. The normalized spacial score (nSPS) is 10.5. The number of hydrogen-bond donors (Lipinski definition) is 1. The number of thiazole rings is 1. The van der Waals surface area contributed by atoms with Gasteiger partial charge in [0.1, 0.15) is 17.3 Å². The molecule has 128 valence electrons. The number of rotatable bonds is 5. The van der Waals surface area contributed by atoms with Crippen LogP contribution in [0.2, 0.25) is 0 Å². The zero-order chi connectivity index (χ0) is 17.8. The van der Waals surface area contributed by atoms with Crippen molar-refractivity contribution in [2.45, 2.75) is 6.92 Å². The Morgan fingerprint density at radius 1 is 0.923 bits per heavy atom. The molecule has 0 aliphatic heterocycles. The molecular formula is C21H17N3OS. The van der Waals surface area contributed by atoms with Crippen LogP contribution in [-0.2, 0) is 0 Å². The number of anilines is 2. The van der Waals surface area contributed by atoms with E-state index in [2.05, 4.69) is 15.3 Å². The average molecular weight is 359 g/mol. The molecule has 0 bridgehead atoms. The molecule has 5 heteroatoms. The number of pyridine rings is 1. The molecule has 1 N–H and O–H groups in total. The topological polar surface area (TPSA) is 47.0 Å². The Kier molecular flexibility index (Phi) is 4.62. The summed E-state index contributed by atoms with van der Waals surface area (Å²) in [5, 5.41) is 5.03. The second-order valence-corrected chi connectivity index (χ2v) is 6.87. The number of hydrogen-bond acceptors (Lipinski definition) is 5. The molecule has 2 aromatic carbocycles. The summed E-state index contributed by atoms with van der Waals surface area (Å²) in [5.41, 5.74) is 2.89. The van der Waals surface area contributed by atoms with Gasteiger partial charge in [-0.2, -0.15) is 0 Å². The lowest BCUT2D eigenvalue weighted by Crippen LogP contribution is -1.93. The molecule has 4 nitrogen and oxygen atoms in total. The third kappa shape index (κ3) is 3.73. The molecule has 2 heterocycles. The zero-order valence-electron chi connectivity index (χ0n) is 14.2. The lowest BCUT2D eigenvalue weighted by molar-refractivity contribution is 0.496. The number of para-hydroxylation sites is 1. The Morgan fingerprint density at radius 2 is 1.65 bits per heavy atom. The molecule has 0 aliphatic rings. The van der Waals surface area contributed by atoms with Crippen LogP contribution in [-0.4, -0.2) is 9.97 Å². The summed E-state index contributed by atoms with van der Waals surface area (Å²) in [6, 6.07) is 23.7. The van der Waals surface area contributed by atoms with Crippen LogP contribution in [0.4, 0.5) is 11.5 Å². The molecule has 0 saturated carbocycles. The average Bonchev–Trinajstić information content (AvgIpc) is 3.04. The van der Waals surface area contributed by atoms with Gasteiger partial charge in [-0.3, -0.25) is 0 Å². The first kappa shape index (κ1) is 16.3. The highest BCUT2D eigenvalue weighted by Gasteiger charge is 2.13. The minimum absolute atomic E-state index is 0.722. The number of nitrogens with one attached hydrogen (secondary N) is 1. The van der Waals surface area contributed by atoms with E-state index in [1.165, 1.54) is 11.3 Å². The van der Waals surface area contributed by atoms with Crippen LogP contribution in [0.5, 0.6) is 10.8 Å². The molecule has 0 radical (unpaired) electrons. The van der Waals surface area contributed by atoms with Crippen molar-refractivity contribution in [2.24, 2.45) is 0 Å². The van der Waals surface area contributed by atoms with Crippen LogP contribution < -0.4 is 10.1 Å². The molecule has 26 heavy (non-hydrogen) atoms. The van der Waals surface area contributed by atoms with Gasteiger partial charge in [0.2, 0.25) is 5.06 Å². The highest BCUT2D eigenvalue weighted by Crippen LogP contribution is 2.38. The van der Waals surface area contributed by atoms with E-state index < -0.39 is 0 Å². The molecule has 0 saturated heterocycles. The molecule has 0 unspecified atom stereocenters. The van der Waals surface area contributed by atoms with E-state index in [1.54, 1.807) is 6.20 Å². The Labute approximate surface area is 156 Å². The Morgan fingerprint density at radius 3 is 2.42 bits per heavy atom. The minimum atomic E-state index is 0.722. The molecule has 2 aromatic heterocycles. The van der Waals surface area contributed by atoms with Crippen molar-refractivity contribution < 1.29 is 4.74 Å². The number of benzene rings is 2. The van der Waals surface area contributed by atoms with E-state index in [9.17, 15) is 0 Å². The number of aryl methyl sites for hydroxylation is 1. The lowest BCUT2D eigenvalue weighted by atomic mass is 10.2. The fraction of sp³-hybridized carbons (Fsp3) is 0.0476. The van der Waals surface area contributed by atoms with Crippen molar-refractivity contribution in [3.63, 3.8) is 0 Å². The van der Waals surface area contributed by atoms with Gasteiger partial charge >= 0.3 is 0 Å². The minimum Gasteiger partial charge on any atom is -0.444 e. The van der Waals surface area contributed by atoms with E-state index >= 15 is 0 Å². The smallest absolute Gasteiger partial charge is 0.208 e. The molecule has 0 amide bonds. The van der Waals surface area contributed by atoms with Crippen LogP contribution >= 0.6 is 11.3 Å². The summed E-state index contributed by atoms with van der Waals surface area (Å²) in [4.78, 5) is 8.99. The van der Waals surface area contributed by atoms with Crippen LogP contribution in [0.3, 0.4) is 0 Å². The standard InChI is InChI=1S/C21H17N3OS/c1-15-23-20(16-8-4-2-5-9-16)21(26-15)25-18-12-13-22-19(14-18)24-17-10-6-3-7-11-17/h2-14H,1H3,(H,22,24). The van der Waals surface area contributed by atoms with Gasteiger partial charge < -0.3 is 10.1 Å². The lowest BCUT2D eigenvalue weighted by Gasteiger charge is -2.09. The van der Waals surface area contributed by atoms with Crippen molar-refractivity contribution in [3.8, 4) is 22.1 Å². The number of ether oxygens (including phenoxy) is 1. The molecule has 0 aliphatic carbocycles. The van der Waals surface area contributed by atoms with Gasteiger partial charge in [0.15, 0.2) is 0 Å². The van der Waals surface area contributed by atoms with Crippen LogP contribution in [0, 0.1) is 6.92 Å². The van der Waals surface area contributed by atoms with Crippen LogP contribution in [0.1, 0.15) is 5.01 Å². The van der Waals surface area contributed by atoms with E-state index in [-0.39, 0.29) is 0 Å². The van der Waals surface area contributed by atoms with Crippen molar-refractivity contribution in [2.75, 3.05) is 5.32 Å². The fourth-order valence-electron chi connectivity index (χ4n) is 2.58. The Bertz CT molecular complexity index is 1000.